The molecular weight excluding hydrogens is 248 g/mol. The molecule has 3 nitrogen and oxygen atoms in total. The van der Waals surface area contributed by atoms with Crippen molar-refractivity contribution in [3.63, 3.8) is 0 Å². The van der Waals surface area contributed by atoms with Crippen LogP contribution in [0.1, 0.15) is 34.3 Å². The number of piperidine rings is 1. The van der Waals surface area contributed by atoms with Gasteiger partial charge in [-0.2, -0.15) is 0 Å². The Bertz CT molecular complexity index is 476. The summed E-state index contributed by atoms with van der Waals surface area (Å²) in [5, 5.41) is 0. The van der Waals surface area contributed by atoms with Crippen LogP contribution < -0.4 is 0 Å². The van der Waals surface area contributed by atoms with Crippen LogP contribution in [0.2, 0.25) is 0 Å². The van der Waals surface area contributed by atoms with Crippen LogP contribution in [0.25, 0.3) is 0 Å². The van der Waals surface area contributed by atoms with Gasteiger partial charge in [0, 0.05) is 11.6 Å². The molecule has 1 aliphatic heterocycles. The average Bonchev–Trinajstić information content (AvgIpc) is 2.42. The van der Waals surface area contributed by atoms with Crippen molar-refractivity contribution >= 4 is 5.78 Å². The fraction of sp³-hybridized carbons (Fsp3) is 0.588. The van der Waals surface area contributed by atoms with Gasteiger partial charge >= 0.3 is 0 Å². The molecule has 3 heteroatoms. The van der Waals surface area contributed by atoms with Gasteiger partial charge in [-0.15, -0.1) is 0 Å². The van der Waals surface area contributed by atoms with Crippen LogP contribution >= 0.6 is 0 Å². The molecule has 110 valence electrons. The number of likely N-dealkylation sites (N-methyl/N-ethyl adjacent to an activating group) is 1. The molecule has 0 spiro atoms. The Morgan fingerprint density at radius 3 is 2.50 bits per heavy atom. The molecule has 0 N–H and O–H groups in total. The van der Waals surface area contributed by atoms with Crippen molar-refractivity contribution in [2.24, 2.45) is 0 Å². The molecule has 0 radical (unpaired) electrons. The fourth-order valence-corrected chi connectivity index (χ4v) is 2.80. The van der Waals surface area contributed by atoms with Crippen LogP contribution in [0.5, 0.6) is 0 Å². The molecule has 2 rings (SSSR count). The second kappa shape index (κ2) is 6.51. The van der Waals surface area contributed by atoms with E-state index in [4.69, 9.17) is 0 Å². The summed E-state index contributed by atoms with van der Waals surface area (Å²) < 4.78 is 0. The van der Waals surface area contributed by atoms with E-state index >= 15 is 0 Å². The molecular formula is C17H26N2O. The quantitative estimate of drug-likeness (QED) is 0.788. The molecule has 1 heterocycles. The van der Waals surface area contributed by atoms with Crippen LogP contribution in [0, 0.1) is 13.8 Å². The van der Waals surface area contributed by atoms with Crippen molar-refractivity contribution in [2.75, 3.05) is 33.7 Å². The molecule has 0 amide bonds. The summed E-state index contributed by atoms with van der Waals surface area (Å²) in [4.78, 5) is 17.0. The smallest absolute Gasteiger partial charge is 0.176 e. The molecule has 1 fully saturated rings. The van der Waals surface area contributed by atoms with E-state index in [1.54, 1.807) is 0 Å². The number of nitrogens with zero attached hydrogens (tertiary/aromatic N) is 2. The van der Waals surface area contributed by atoms with Crippen LogP contribution in [-0.4, -0.2) is 55.4 Å². The standard InChI is InChI=1S/C17H26N2O/c1-13-5-6-15(11-14(13)2)17(20)12-19(4)16-7-9-18(3)10-8-16/h5-6,11,16H,7-10,12H2,1-4H3. The number of Topliss-reactive ketones (excluding diaryl/α,β-unsaturated/α-hetero) is 1. The van der Waals surface area contributed by atoms with Crippen molar-refractivity contribution in [2.45, 2.75) is 32.7 Å². The maximum atomic E-state index is 12.4. The summed E-state index contributed by atoms with van der Waals surface area (Å²) in [5.74, 6) is 0.231. The summed E-state index contributed by atoms with van der Waals surface area (Å²) >= 11 is 0. The number of likely N-dealkylation sites (tertiary alicyclic amines) is 1. The molecule has 1 saturated heterocycles. The lowest BCUT2D eigenvalue weighted by molar-refractivity contribution is 0.0871. The largest absolute Gasteiger partial charge is 0.306 e. The summed E-state index contributed by atoms with van der Waals surface area (Å²) in [6.07, 6.45) is 2.32. The van der Waals surface area contributed by atoms with E-state index < -0.39 is 0 Å². The van der Waals surface area contributed by atoms with Gasteiger partial charge in [0.15, 0.2) is 5.78 Å². The highest BCUT2D eigenvalue weighted by atomic mass is 16.1. The molecule has 0 unspecified atom stereocenters. The minimum atomic E-state index is 0.231. The van der Waals surface area contributed by atoms with Crippen LogP contribution in [0.4, 0.5) is 0 Å². The van der Waals surface area contributed by atoms with Gasteiger partial charge in [-0.1, -0.05) is 12.1 Å². The number of benzene rings is 1. The van der Waals surface area contributed by atoms with Crippen LogP contribution in [0.15, 0.2) is 18.2 Å². The molecule has 0 saturated carbocycles. The van der Waals surface area contributed by atoms with E-state index in [1.807, 2.05) is 18.2 Å². The minimum Gasteiger partial charge on any atom is -0.306 e. The Hall–Kier alpha value is -1.19. The fourth-order valence-electron chi connectivity index (χ4n) is 2.80. The summed E-state index contributed by atoms with van der Waals surface area (Å²) in [6, 6.07) is 6.55. The Labute approximate surface area is 122 Å². The number of hydrogen-bond donors (Lipinski definition) is 0. The monoisotopic (exact) mass is 274 g/mol. The topological polar surface area (TPSA) is 23.6 Å². The molecule has 1 aromatic carbocycles. The molecule has 0 atom stereocenters. The van der Waals surface area contributed by atoms with Gasteiger partial charge in [-0.3, -0.25) is 9.69 Å². The predicted molar refractivity (Wildman–Crippen MR) is 83.4 cm³/mol. The highest BCUT2D eigenvalue weighted by Gasteiger charge is 2.22. The number of ketones is 1. The maximum absolute atomic E-state index is 12.4. The zero-order valence-corrected chi connectivity index (χ0v) is 13.1. The lowest BCUT2D eigenvalue weighted by Gasteiger charge is -2.34. The van der Waals surface area contributed by atoms with Crippen molar-refractivity contribution < 1.29 is 4.79 Å². The van der Waals surface area contributed by atoms with E-state index in [2.05, 4.69) is 37.7 Å². The molecule has 1 aromatic rings. The minimum absolute atomic E-state index is 0.231. The first-order valence-corrected chi connectivity index (χ1v) is 7.46. The first-order chi connectivity index (χ1) is 9.47. The van der Waals surface area contributed by atoms with E-state index in [9.17, 15) is 4.79 Å². The van der Waals surface area contributed by atoms with Gasteiger partial charge in [0.25, 0.3) is 0 Å². The third kappa shape index (κ3) is 3.68. The van der Waals surface area contributed by atoms with Gasteiger partial charge < -0.3 is 4.90 Å². The Morgan fingerprint density at radius 1 is 1.25 bits per heavy atom. The molecule has 1 aliphatic rings. The number of rotatable bonds is 4. The van der Waals surface area contributed by atoms with E-state index in [-0.39, 0.29) is 5.78 Å². The van der Waals surface area contributed by atoms with Gasteiger partial charge in [0.2, 0.25) is 0 Å². The van der Waals surface area contributed by atoms with Gasteiger partial charge in [-0.05, 0) is 71.1 Å². The normalized spacial score (nSPS) is 17.6. The van der Waals surface area contributed by atoms with Crippen molar-refractivity contribution in [3.05, 3.63) is 34.9 Å². The number of hydrogen-bond acceptors (Lipinski definition) is 3. The maximum Gasteiger partial charge on any atom is 0.176 e. The molecule has 0 aromatic heterocycles. The Kier molecular flexibility index (Phi) is 4.95. The van der Waals surface area contributed by atoms with Crippen LogP contribution in [-0.2, 0) is 0 Å². The highest BCUT2D eigenvalue weighted by Crippen LogP contribution is 2.16. The lowest BCUT2D eigenvalue weighted by atomic mass is 10.0. The third-order valence-electron chi connectivity index (χ3n) is 4.53. The second-order valence-electron chi connectivity index (χ2n) is 6.17. The number of aryl methyl sites for hydroxylation is 2. The van der Waals surface area contributed by atoms with Crippen molar-refractivity contribution in [3.8, 4) is 0 Å². The number of carbonyl (C=O) groups excluding carboxylic acids is 1. The Balaban J connectivity index is 1.95. The summed E-state index contributed by atoms with van der Waals surface area (Å²) in [7, 11) is 4.24. The predicted octanol–water partition coefficient (Wildman–Crippen LogP) is 2.51. The number of carbonyl (C=O) groups is 1. The molecule has 20 heavy (non-hydrogen) atoms. The van der Waals surface area contributed by atoms with E-state index in [0.717, 1.165) is 31.5 Å². The van der Waals surface area contributed by atoms with Crippen LogP contribution in [0.3, 0.4) is 0 Å². The zero-order chi connectivity index (χ0) is 14.7. The lowest BCUT2D eigenvalue weighted by Crippen LogP contribution is -2.43. The van der Waals surface area contributed by atoms with E-state index in [1.165, 1.54) is 11.1 Å². The van der Waals surface area contributed by atoms with Gasteiger partial charge in [0.05, 0.1) is 6.54 Å². The van der Waals surface area contributed by atoms with Gasteiger partial charge in [0.1, 0.15) is 0 Å². The van der Waals surface area contributed by atoms with E-state index in [0.29, 0.717) is 12.6 Å². The second-order valence-corrected chi connectivity index (χ2v) is 6.17. The zero-order valence-electron chi connectivity index (χ0n) is 13.1. The molecule has 0 bridgehead atoms. The Morgan fingerprint density at radius 2 is 1.90 bits per heavy atom. The average molecular weight is 274 g/mol. The van der Waals surface area contributed by atoms with Crippen molar-refractivity contribution in [1.82, 2.24) is 9.80 Å². The summed E-state index contributed by atoms with van der Waals surface area (Å²) in [5.41, 5.74) is 3.27. The molecule has 0 aliphatic carbocycles. The van der Waals surface area contributed by atoms with Crippen molar-refractivity contribution in [1.29, 1.82) is 0 Å². The summed E-state index contributed by atoms with van der Waals surface area (Å²) in [6.45, 7) is 6.93. The third-order valence-corrected chi connectivity index (χ3v) is 4.53. The SMILES string of the molecule is Cc1ccc(C(=O)CN(C)C2CCN(C)CC2)cc1C. The highest BCUT2D eigenvalue weighted by molar-refractivity contribution is 5.97. The first-order valence-electron chi connectivity index (χ1n) is 7.46. The first kappa shape index (κ1) is 15.2. The van der Waals surface area contributed by atoms with Gasteiger partial charge in [-0.25, -0.2) is 0 Å².